The van der Waals surface area contributed by atoms with Gasteiger partial charge in [-0.2, -0.15) is 10.5 Å². The minimum atomic E-state index is -0.174. The second kappa shape index (κ2) is 10.7. The van der Waals surface area contributed by atoms with Gasteiger partial charge in [0.25, 0.3) is 0 Å². The molecule has 0 fully saturated rings. The van der Waals surface area contributed by atoms with Gasteiger partial charge in [-0.1, -0.05) is 35.6 Å². The first-order chi connectivity index (χ1) is 8.69. The topological polar surface area (TPSA) is 47.6 Å². The third kappa shape index (κ3) is 5.22. The van der Waals surface area contributed by atoms with Crippen LogP contribution in [0.5, 0.6) is 0 Å². The molecule has 0 heterocycles. The summed E-state index contributed by atoms with van der Waals surface area (Å²) in [6.45, 7) is 8.90. The van der Waals surface area contributed by atoms with E-state index < -0.39 is 0 Å². The quantitative estimate of drug-likeness (QED) is 0.581. The summed E-state index contributed by atoms with van der Waals surface area (Å²) in [5, 5.41) is 18.4. The molecule has 102 valence electrons. The van der Waals surface area contributed by atoms with Crippen molar-refractivity contribution in [3.8, 4) is 12.1 Å². The van der Waals surface area contributed by atoms with Crippen LogP contribution in [0.3, 0.4) is 0 Å². The van der Waals surface area contributed by atoms with Crippen molar-refractivity contribution in [3.05, 3.63) is 0 Å². The first kappa shape index (κ1) is 17.8. The van der Waals surface area contributed by atoms with Gasteiger partial charge in [0.2, 0.25) is 0 Å². The molecule has 4 heteroatoms. The molecule has 0 bridgehead atoms. The van der Waals surface area contributed by atoms with Gasteiger partial charge in [0.05, 0.1) is 17.8 Å². The lowest BCUT2D eigenvalue weighted by molar-refractivity contribution is 0.781. The summed E-state index contributed by atoms with van der Waals surface area (Å²) in [6.07, 6.45) is 6.21. The smallest absolute Gasteiger partial charge is 0.0728 e. The minimum Gasteiger partial charge on any atom is -0.198 e. The molecule has 0 saturated carbocycles. The third-order valence-corrected chi connectivity index (χ3v) is 9.78. The van der Waals surface area contributed by atoms with Crippen molar-refractivity contribution in [2.24, 2.45) is 0 Å². The summed E-state index contributed by atoms with van der Waals surface area (Å²) in [6, 6.07) is 4.86. The van der Waals surface area contributed by atoms with Gasteiger partial charge >= 0.3 is 0 Å². The number of nitrogens with zero attached hydrogens (tertiary/aromatic N) is 2. The van der Waals surface area contributed by atoms with E-state index in [1.807, 2.05) is 0 Å². The average Bonchev–Trinajstić information content (AvgIpc) is 2.41. The maximum Gasteiger partial charge on any atom is 0.0728 e. The largest absolute Gasteiger partial charge is 0.198 e. The van der Waals surface area contributed by atoms with E-state index in [9.17, 15) is 5.26 Å². The lowest BCUT2D eigenvalue weighted by Gasteiger charge is -2.33. The highest BCUT2D eigenvalue weighted by molar-refractivity contribution is 7.63. The third-order valence-electron chi connectivity index (χ3n) is 3.54. The first-order valence-corrected chi connectivity index (χ1v) is 10.5. The molecule has 0 aromatic carbocycles. The summed E-state index contributed by atoms with van der Waals surface area (Å²) in [5.41, 5.74) is 0.708. The Kier molecular flexibility index (Phi) is 10.6. The van der Waals surface area contributed by atoms with E-state index in [0.717, 1.165) is 18.7 Å². The summed E-state index contributed by atoms with van der Waals surface area (Å²) in [4.78, 5) is 0. The van der Waals surface area contributed by atoms with Crippen molar-refractivity contribution in [2.75, 3.05) is 24.6 Å². The number of rotatable bonds is 9. The van der Waals surface area contributed by atoms with Crippen LogP contribution in [-0.2, 0) is 0 Å². The Morgan fingerprint density at radius 3 is 1.72 bits per heavy atom. The molecule has 0 aliphatic carbocycles. The fourth-order valence-corrected chi connectivity index (χ4v) is 7.98. The Bertz CT molecular complexity index is 285. The van der Waals surface area contributed by atoms with E-state index >= 15 is 0 Å². The molecular formula is C14H26N2P2. The predicted octanol–water partition coefficient (Wildman–Crippen LogP) is 4.59. The van der Waals surface area contributed by atoms with E-state index in [-0.39, 0.29) is 21.5 Å². The molecule has 0 spiro atoms. The maximum absolute atomic E-state index is 9.56. The Morgan fingerprint density at radius 1 is 0.889 bits per heavy atom. The molecule has 0 radical (unpaired) electrons. The fourth-order valence-electron chi connectivity index (χ4n) is 2.47. The van der Waals surface area contributed by atoms with Gasteiger partial charge in [-0.25, -0.2) is 0 Å². The number of nitriles is 2. The maximum atomic E-state index is 9.56. The zero-order valence-corrected chi connectivity index (χ0v) is 14.0. The number of hydrogen-bond donors (Lipinski definition) is 0. The van der Waals surface area contributed by atoms with E-state index in [2.05, 4.69) is 39.8 Å². The van der Waals surface area contributed by atoms with Crippen LogP contribution in [0.2, 0.25) is 0 Å². The molecule has 0 aromatic heterocycles. The van der Waals surface area contributed by atoms with Gasteiger partial charge in [0.1, 0.15) is 0 Å². The molecule has 0 amide bonds. The number of hydrogen-bond acceptors (Lipinski definition) is 2. The van der Waals surface area contributed by atoms with Gasteiger partial charge in [-0.3, -0.25) is 0 Å². The van der Waals surface area contributed by atoms with Crippen LogP contribution in [0.25, 0.3) is 0 Å². The van der Waals surface area contributed by atoms with Crippen molar-refractivity contribution in [3.63, 3.8) is 0 Å². The Morgan fingerprint density at radius 2 is 1.39 bits per heavy atom. The SMILES string of the molecule is CCP(CC)C(C#N)C(CCC#N)P(CC)CC. The zero-order chi connectivity index (χ0) is 14.0. The summed E-state index contributed by atoms with van der Waals surface area (Å²) in [7, 11) is -0.252. The molecule has 0 N–H and O–H groups in total. The standard InChI is InChI=1S/C14H26N2P2/c1-5-17(6-2)13(10-9-11-15)14(12-16)18(7-3)8-4/h13-14H,5-10H2,1-4H3. The monoisotopic (exact) mass is 284 g/mol. The van der Waals surface area contributed by atoms with Crippen LogP contribution >= 0.6 is 15.8 Å². The van der Waals surface area contributed by atoms with Gasteiger partial charge < -0.3 is 0 Å². The lowest BCUT2D eigenvalue weighted by Crippen LogP contribution is -2.24. The summed E-state index contributed by atoms with van der Waals surface area (Å²) < 4.78 is 0. The zero-order valence-electron chi connectivity index (χ0n) is 12.2. The van der Waals surface area contributed by atoms with Crippen molar-refractivity contribution >= 4 is 15.8 Å². The highest BCUT2D eigenvalue weighted by Gasteiger charge is 2.31. The van der Waals surface area contributed by atoms with E-state index in [0.29, 0.717) is 12.1 Å². The van der Waals surface area contributed by atoms with Crippen LogP contribution in [-0.4, -0.2) is 36.0 Å². The Balaban J connectivity index is 5.00. The van der Waals surface area contributed by atoms with E-state index in [1.165, 1.54) is 12.3 Å². The predicted molar refractivity (Wildman–Crippen MR) is 84.0 cm³/mol. The van der Waals surface area contributed by atoms with Gasteiger partial charge in [0, 0.05) is 6.42 Å². The average molecular weight is 284 g/mol. The normalized spacial score (nSPS) is 14.2. The summed E-state index contributed by atoms with van der Waals surface area (Å²) >= 11 is 0. The molecule has 0 aromatic rings. The van der Waals surface area contributed by atoms with Gasteiger partial charge in [0.15, 0.2) is 0 Å². The molecule has 2 unspecified atom stereocenters. The highest BCUT2D eigenvalue weighted by Crippen LogP contribution is 2.53. The molecule has 18 heavy (non-hydrogen) atoms. The first-order valence-electron chi connectivity index (χ1n) is 6.94. The molecule has 2 nitrogen and oxygen atoms in total. The molecule has 0 aliphatic rings. The second-order valence-corrected chi connectivity index (χ2v) is 10.4. The van der Waals surface area contributed by atoms with Crippen molar-refractivity contribution < 1.29 is 0 Å². The molecular weight excluding hydrogens is 258 g/mol. The lowest BCUT2D eigenvalue weighted by atomic mass is 10.2. The van der Waals surface area contributed by atoms with Crippen molar-refractivity contribution in [1.29, 1.82) is 10.5 Å². The van der Waals surface area contributed by atoms with Crippen LogP contribution < -0.4 is 0 Å². The molecule has 0 rings (SSSR count). The van der Waals surface area contributed by atoms with E-state index in [1.54, 1.807) is 0 Å². The van der Waals surface area contributed by atoms with Gasteiger partial charge in [-0.05, 0) is 36.7 Å². The molecule has 2 atom stereocenters. The van der Waals surface area contributed by atoms with Crippen LogP contribution in [0.4, 0.5) is 0 Å². The Hall–Kier alpha value is -0.160. The molecule has 0 saturated heterocycles. The van der Waals surface area contributed by atoms with E-state index in [4.69, 9.17) is 5.26 Å². The van der Waals surface area contributed by atoms with Crippen molar-refractivity contribution in [2.45, 2.75) is 51.9 Å². The van der Waals surface area contributed by atoms with Crippen molar-refractivity contribution in [1.82, 2.24) is 0 Å². The van der Waals surface area contributed by atoms with Crippen LogP contribution in [0.1, 0.15) is 40.5 Å². The highest BCUT2D eigenvalue weighted by atomic mass is 31.1. The second-order valence-electron chi connectivity index (χ2n) is 4.28. The van der Waals surface area contributed by atoms with Gasteiger partial charge in [-0.15, -0.1) is 7.92 Å². The van der Waals surface area contributed by atoms with Crippen LogP contribution in [0, 0.1) is 22.7 Å². The summed E-state index contributed by atoms with van der Waals surface area (Å²) in [5.74, 6) is 0. The minimum absolute atomic E-state index is 0.0778. The Labute approximate surface area is 115 Å². The fraction of sp³-hybridized carbons (Fsp3) is 0.857. The van der Waals surface area contributed by atoms with Crippen LogP contribution in [0.15, 0.2) is 0 Å². The molecule has 0 aliphatic heterocycles.